The summed E-state index contributed by atoms with van der Waals surface area (Å²) in [6, 6.07) is 9.16. The highest BCUT2D eigenvalue weighted by molar-refractivity contribution is 6.01. The third kappa shape index (κ3) is 1.98. The molecule has 1 aliphatic carbocycles. The van der Waals surface area contributed by atoms with Crippen molar-refractivity contribution in [3.63, 3.8) is 0 Å². The number of carboxylic acid groups (broad SMARTS) is 1. The number of aromatic carboxylic acids is 1. The number of rotatable bonds is 1. The fourth-order valence-electron chi connectivity index (χ4n) is 3.91. The first-order chi connectivity index (χ1) is 10.6. The summed E-state index contributed by atoms with van der Waals surface area (Å²) in [4.78, 5) is 23.4. The molecule has 2 N–H and O–H groups in total. The average molecular weight is 295 g/mol. The van der Waals surface area contributed by atoms with Crippen LogP contribution in [0.25, 0.3) is 10.8 Å². The third-order valence-corrected chi connectivity index (χ3v) is 5.02. The van der Waals surface area contributed by atoms with E-state index in [0.29, 0.717) is 5.56 Å². The number of carboxylic acids is 1. The Hall–Kier alpha value is -2.36. The summed E-state index contributed by atoms with van der Waals surface area (Å²) in [5.74, 6) is -0.432. The van der Waals surface area contributed by atoms with Gasteiger partial charge in [-0.3, -0.25) is 4.79 Å². The van der Waals surface area contributed by atoms with Crippen LogP contribution in [0.1, 0.15) is 47.5 Å². The normalized spacial score (nSPS) is 23.5. The van der Waals surface area contributed by atoms with Gasteiger partial charge in [-0.15, -0.1) is 0 Å². The van der Waals surface area contributed by atoms with Gasteiger partial charge in [-0.2, -0.15) is 0 Å². The molecule has 1 saturated carbocycles. The molecule has 4 heteroatoms. The van der Waals surface area contributed by atoms with Gasteiger partial charge in [0.15, 0.2) is 0 Å². The molecule has 1 heterocycles. The maximum absolute atomic E-state index is 12.3. The lowest BCUT2D eigenvalue weighted by atomic mass is 9.72. The van der Waals surface area contributed by atoms with E-state index in [9.17, 15) is 9.59 Å². The lowest BCUT2D eigenvalue weighted by molar-refractivity contribution is -0.121. The van der Waals surface area contributed by atoms with Crippen molar-refractivity contribution in [2.24, 2.45) is 5.92 Å². The quantitative estimate of drug-likeness (QED) is 0.841. The Morgan fingerprint density at radius 1 is 1.05 bits per heavy atom. The molecule has 2 aromatic carbocycles. The highest BCUT2D eigenvalue weighted by Gasteiger charge is 2.37. The summed E-state index contributed by atoms with van der Waals surface area (Å²) in [5.41, 5.74) is 2.36. The largest absolute Gasteiger partial charge is 0.478 e. The highest BCUT2D eigenvalue weighted by atomic mass is 16.4. The molecule has 0 spiro atoms. The highest BCUT2D eigenvalue weighted by Crippen LogP contribution is 2.45. The van der Waals surface area contributed by atoms with E-state index >= 15 is 0 Å². The number of carbonyl (C=O) groups excluding carboxylic acids is 1. The number of hydrogen-bond donors (Lipinski definition) is 2. The Balaban J connectivity index is 1.88. The molecule has 2 atom stereocenters. The summed E-state index contributed by atoms with van der Waals surface area (Å²) in [5, 5.41) is 14.1. The van der Waals surface area contributed by atoms with E-state index in [-0.39, 0.29) is 17.7 Å². The van der Waals surface area contributed by atoms with Crippen molar-refractivity contribution < 1.29 is 14.7 Å². The molecule has 1 aliphatic heterocycles. The van der Waals surface area contributed by atoms with Crippen LogP contribution in [0.4, 0.5) is 5.69 Å². The monoisotopic (exact) mass is 295 g/mol. The van der Waals surface area contributed by atoms with Crippen LogP contribution in [0.2, 0.25) is 0 Å². The minimum atomic E-state index is -0.913. The maximum atomic E-state index is 12.3. The number of fused-ring (bicyclic) bond motifs is 4. The van der Waals surface area contributed by atoms with Crippen LogP contribution in [0.3, 0.4) is 0 Å². The second-order valence-electron chi connectivity index (χ2n) is 6.29. The average Bonchev–Trinajstić information content (AvgIpc) is 2.53. The van der Waals surface area contributed by atoms with Crippen LogP contribution in [0.15, 0.2) is 30.3 Å². The van der Waals surface area contributed by atoms with Crippen molar-refractivity contribution in [1.82, 2.24) is 0 Å². The first kappa shape index (κ1) is 13.3. The van der Waals surface area contributed by atoms with Crippen LogP contribution in [-0.4, -0.2) is 17.0 Å². The lowest BCUT2D eigenvalue weighted by Crippen LogP contribution is -2.35. The molecule has 2 aromatic rings. The number of anilines is 1. The van der Waals surface area contributed by atoms with Crippen molar-refractivity contribution >= 4 is 28.3 Å². The van der Waals surface area contributed by atoms with Gasteiger partial charge < -0.3 is 10.4 Å². The molecule has 4 rings (SSSR count). The molecule has 1 amide bonds. The molecule has 0 radical (unpaired) electrons. The molecule has 0 aromatic heterocycles. The molecule has 0 bridgehead atoms. The van der Waals surface area contributed by atoms with Crippen molar-refractivity contribution in [1.29, 1.82) is 0 Å². The van der Waals surface area contributed by atoms with Gasteiger partial charge >= 0.3 is 5.97 Å². The van der Waals surface area contributed by atoms with E-state index in [1.807, 2.05) is 6.07 Å². The lowest BCUT2D eigenvalue weighted by Gasteiger charge is -2.36. The van der Waals surface area contributed by atoms with Gasteiger partial charge in [0.1, 0.15) is 0 Å². The molecule has 22 heavy (non-hydrogen) atoms. The smallest absolute Gasteiger partial charge is 0.335 e. The van der Waals surface area contributed by atoms with Crippen LogP contribution < -0.4 is 5.32 Å². The predicted octanol–water partition coefficient (Wildman–Crippen LogP) is 3.76. The number of benzene rings is 2. The molecule has 4 nitrogen and oxygen atoms in total. The fourth-order valence-corrected chi connectivity index (χ4v) is 3.91. The minimum Gasteiger partial charge on any atom is -0.478 e. The predicted molar refractivity (Wildman–Crippen MR) is 84.2 cm³/mol. The molecule has 0 saturated heterocycles. The summed E-state index contributed by atoms with van der Waals surface area (Å²) in [6.07, 6.45) is 4.25. The summed E-state index contributed by atoms with van der Waals surface area (Å²) >= 11 is 0. The van der Waals surface area contributed by atoms with Crippen LogP contribution in [0, 0.1) is 5.92 Å². The van der Waals surface area contributed by atoms with Gasteiger partial charge in [-0.25, -0.2) is 4.79 Å². The first-order valence-corrected chi connectivity index (χ1v) is 7.75. The van der Waals surface area contributed by atoms with Gasteiger partial charge in [0.2, 0.25) is 5.91 Å². The minimum absolute atomic E-state index is 0.0707. The molecule has 112 valence electrons. The maximum Gasteiger partial charge on any atom is 0.335 e. The van der Waals surface area contributed by atoms with Crippen molar-refractivity contribution in [3.8, 4) is 0 Å². The Labute approximate surface area is 128 Å². The first-order valence-electron chi connectivity index (χ1n) is 7.75. The Bertz CT molecular complexity index is 796. The Kier molecular flexibility index (Phi) is 2.93. The Morgan fingerprint density at radius 3 is 2.59 bits per heavy atom. The van der Waals surface area contributed by atoms with E-state index in [4.69, 9.17) is 5.11 Å². The molecule has 2 aliphatic rings. The number of hydrogen-bond acceptors (Lipinski definition) is 2. The van der Waals surface area contributed by atoms with Crippen LogP contribution >= 0.6 is 0 Å². The van der Waals surface area contributed by atoms with Gasteiger partial charge in [0.25, 0.3) is 0 Å². The molecular formula is C18H17NO3. The zero-order valence-corrected chi connectivity index (χ0v) is 12.1. The third-order valence-electron chi connectivity index (χ3n) is 5.02. The summed E-state index contributed by atoms with van der Waals surface area (Å²) in [7, 11) is 0. The fraction of sp³-hybridized carbons (Fsp3) is 0.333. The SMILES string of the molecule is O=C(O)c1ccc2cc3c(cc2c1)C1CCCCC1C(=O)N3. The van der Waals surface area contributed by atoms with Crippen molar-refractivity contribution in [2.75, 3.05) is 5.32 Å². The van der Waals surface area contributed by atoms with Crippen LogP contribution in [-0.2, 0) is 4.79 Å². The molecule has 2 unspecified atom stereocenters. The zero-order valence-electron chi connectivity index (χ0n) is 12.1. The zero-order chi connectivity index (χ0) is 15.3. The number of amides is 1. The van der Waals surface area contributed by atoms with Gasteiger partial charge in [-0.05, 0) is 59.4 Å². The van der Waals surface area contributed by atoms with E-state index < -0.39 is 5.97 Å². The number of nitrogens with one attached hydrogen (secondary N) is 1. The van der Waals surface area contributed by atoms with E-state index in [0.717, 1.165) is 42.1 Å². The van der Waals surface area contributed by atoms with Gasteiger partial charge in [0, 0.05) is 11.6 Å². The van der Waals surface area contributed by atoms with E-state index in [1.54, 1.807) is 18.2 Å². The van der Waals surface area contributed by atoms with E-state index in [2.05, 4.69) is 11.4 Å². The second-order valence-corrected chi connectivity index (χ2v) is 6.29. The van der Waals surface area contributed by atoms with E-state index in [1.165, 1.54) is 5.56 Å². The molecular weight excluding hydrogens is 278 g/mol. The second kappa shape index (κ2) is 4.83. The van der Waals surface area contributed by atoms with Crippen molar-refractivity contribution in [2.45, 2.75) is 31.6 Å². The summed E-state index contributed by atoms with van der Waals surface area (Å²) < 4.78 is 0. The number of carbonyl (C=O) groups is 2. The van der Waals surface area contributed by atoms with Crippen LogP contribution in [0.5, 0.6) is 0 Å². The van der Waals surface area contributed by atoms with Gasteiger partial charge in [0.05, 0.1) is 5.56 Å². The standard InChI is InChI=1S/C18H17NO3/c20-17-14-4-2-1-3-13(14)15-8-12-7-11(18(21)22)6-5-10(12)9-16(15)19-17/h5-9,13-14H,1-4H2,(H,19,20)(H,21,22). The topological polar surface area (TPSA) is 66.4 Å². The Morgan fingerprint density at radius 2 is 1.82 bits per heavy atom. The molecule has 1 fully saturated rings. The summed E-state index contributed by atoms with van der Waals surface area (Å²) in [6.45, 7) is 0. The van der Waals surface area contributed by atoms with Gasteiger partial charge in [-0.1, -0.05) is 18.9 Å². The van der Waals surface area contributed by atoms with Crippen molar-refractivity contribution in [3.05, 3.63) is 41.5 Å².